The third kappa shape index (κ3) is 4.05. The Kier molecular flexibility index (Phi) is 5.83. The summed E-state index contributed by atoms with van der Waals surface area (Å²) < 4.78 is 5.21. The molecule has 0 saturated carbocycles. The van der Waals surface area contributed by atoms with Gasteiger partial charge in [-0.3, -0.25) is 0 Å². The Hall–Kier alpha value is -1.42. The van der Waals surface area contributed by atoms with Gasteiger partial charge in [-0.25, -0.2) is 0 Å². The molecule has 1 nitrogen and oxygen atoms in total. The highest BCUT2D eigenvalue weighted by molar-refractivity contribution is 5.20. The van der Waals surface area contributed by atoms with Crippen LogP contribution in [0.3, 0.4) is 0 Å². The first kappa shape index (κ1) is 9.58. The van der Waals surface area contributed by atoms with E-state index in [1.165, 1.54) is 0 Å². The Morgan fingerprint density at radius 1 is 1.18 bits per heavy atom. The Bertz CT molecular complexity index is 189. The maximum Gasteiger partial charge on any atom is 0.119 e. The fourth-order valence-corrected chi connectivity index (χ4v) is 0.683. The van der Waals surface area contributed by atoms with Gasteiger partial charge in [-0.1, -0.05) is 18.2 Å². The normalized spacial score (nSPS) is 7.55. The summed E-state index contributed by atoms with van der Waals surface area (Å²) in [5.74, 6) is 0.944. The van der Waals surface area contributed by atoms with Crippen LogP contribution >= 0.6 is 0 Å². The van der Waals surface area contributed by atoms with Gasteiger partial charge in [-0.2, -0.15) is 0 Å². The molecule has 0 amide bonds. The summed E-state index contributed by atoms with van der Waals surface area (Å²) in [5, 5.41) is 0. The minimum Gasteiger partial charge on any atom is -0.494 e. The minimum absolute atomic E-state index is 0.740. The van der Waals surface area contributed by atoms with Gasteiger partial charge in [0.15, 0.2) is 0 Å². The van der Waals surface area contributed by atoms with Gasteiger partial charge in [0.2, 0.25) is 0 Å². The van der Waals surface area contributed by atoms with Crippen molar-refractivity contribution in [3.05, 3.63) is 30.3 Å². The molecule has 0 saturated heterocycles. The molecule has 0 spiro atoms. The molecule has 1 aromatic rings. The van der Waals surface area contributed by atoms with Crippen molar-refractivity contribution in [2.24, 2.45) is 0 Å². The second kappa shape index (κ2) is 6.70. The number of hydrogen-bond donors (Lipinski definition) is 0. The molecule has 0 N–H and O–H groups in total. The van der Waals surface area contributed by atoms with E-state index in [2.05, 4.69) is 12.8 Å². The van der Waals surface area contributed by atoms with E-state index in [4.69, 9.17) is 4.74 Å². The lowest BCUT2D eigenvalue weighted by Gasteiger charge is -1.99. The second-order valence-electron chi connectivity index (χ2n) is 1.75. The SMILES string of the molecule is C#C.CCOc1ccccc1. The average Bonchev–Trinajstić information content (AvgIpc) is 2.11. The lowest BCUT2D eigenvalue weighted by Crippen LogP contribution is -1.89. The van der Waals surface area contributed by atoms with Crippen molar-refractivity contribution in [2.45, 2.75) is 6.92 Å². The maximum atomic E-state index is 5.21. The second-order valence-corrected chi connectivity index (χ2v) is 1.75. The van der Waals surface area contributed by atoms with Crippen molar-refractivity contribution >= 4 is 0 Å². The first-order valence-electron chi connectivity index (χ1n) is 3.44. The molecule has 1 rings (SSSR count). The third-order valence-electron chi connectivity index (χ3n) is 1.05. The van der Waals surface area contributed by atoms with Crippen LogP contribution in [-0.2, 0) is 0 Å². The number of terminal acetylenes is 1. The topological polar surface area (TPSA) is 9.23 Å². The van der Waals surface area contributed by atoms with Crippen LogP contribution in [-0.4, -0.2) is 6.61 Å². The van der Waals surface area contributed by atoms with E-state index in [-0.39, 0.29) is 0 Å². The van der Waals surface area contributed by atoms with Gasteiger partial charge in [0, 0.05) is 0 Å². The molecule has 0 fully saturated rings. The standard InChI is InChI=1S/C8H10O.C2H2/c1-2-9-8-6-4-3-5-7-8;1-2/h3-7H,2H2,1H3;1-2H. The molecule has 1 aromatic carbocycles. The number of para-hydroxylation sites is 1. The van der Waals surface area contributed by atoms with Crippen molar-refractivity contribution in [1.29, 1.82) is 0 Å². The van der Waals surface area contributed by atoms with Crippen LogP contribution in [0.25, 0.3) is 0 Å². The Morgan fingerprint density at radius 2 is 1.73 bits per heavy atom. The van der Waals surface area contributed by atoms with Crippen LogP contribution in [0.15, 0.2) is 30.3 Å². The van der Waals surface area contributed by atoms with E-state index in [1.807, 2.05) is 37.3 Å². The molecule has 0 heterocycles. The monoisotopic (exact) mass is 148 g/mol. The fourth-order valence-electron chi connectivity index (χ4n) is 0.683. The Morgan fingerprint density at radius 3 is 2.18 bits per heavy atom. The minimum atomic E-state index is 0.740. The predicted octanol–water partition coefficient (Wildman–Crippen LogP) is 2.33. The van der Waals surface area contributed by atoms with E-state index >= 15 is 0 Å². The number of ether oxygens (including phenoxy) is 1. The fraction of sp³-hybridized carbons (Fsp3) is 0.200. The van der Waals surface area contributed by atoms with Crippen LogP contribution in [0.5, 0.6) is 5.75 Å². The highest BCUT2D eigenvalue weighted by atomic mass is 16.5. The predicted molar refractivity (Wildman–Crippen MR) is 47.5 cm³/mol. The van der Waals surface area contributed by atoms with Gasteiger partial charge in [-0.05, 0) is 19.1 Å². The summed E-state index contributed by atoms with van der Waals surface area (Å²) in [7, 11) is 0. The van der Waals surface area contributed by atoms with Gasteiger partial charge in [0.05, 0.1) is 6.61 Å². The average molecular weight is 148 g/mol. The lowest BCUT2D eigenvalue weighted by molar-refractivity contribution is 0.340. The molecule has 0 radical (unpaired) electrons. The molecule has 58 valence electrons. The van der Waals surface area contributed by atoms with Crippen molar-refractivity contribution in [3.8, 4) is 18.6 Å². The van der Waals surface area contributed by atoms with Crippen molar-refractivity contribution < 1.29 is 4.74 Å². The van der Waals surface area contributed by atoms with E-state index in [0.717, 1.165) is 12.4 Å². The van der Waals surface area contributed by atoms with Crippen LogP contribution in [0.2, 0.25) is 0 Å². The Balaban J connectivity index is 0.000000461. The van der Waals surface area contributed by atoms with Crippen LogP contribution in [0.4, 0.5) is 0 Å². The highest BCUT2D eigenvalue weighted by Gasteiger charge is 1.83. The molecular formula is C10H12O. The molecule has 0 aliphatic heterocycles. The summed E-state index contributed by atoms with van der Waals surface area (Å²) in [5.41, 5.74) is 0. The quantitative estimate of drug-likeness (QED) is 0.585. The van der Waals surface area contributed by atoms with Crippen LogP contribution in [0.1, 0.15) is 6.92 Å². The van der Waals surface area contributed by atoms with Gasteiger partial charge in [0.25, 0.3) is 0 Å². The first-order valence-corrected chi connectivity index (χ1v) is 3.44. The van der Waals surface area contributed by atoms with Gasteiger partial charge < -0.3 is 4.74 Å². The Labute approximate surface area is 68.0 Å². The van der Waals surface area contributed by atoms with Gasteiger partial charge in [0.1, 0.15) is 5.75 Å². The van der Waals surface area contributed by atoms with Crippen LogP contribution < -0.4 is 4.74 Å². The smallest absolute Gasteiger partial charge is 0.119 e. The largest absolute Gasteiger partial charge is 0.494 e. The van der Waals surface area contributed by atoms with Crippen LogP contribution in [0, 0.1) is 12.8 Å². The molecule has 11 heavy (non-hydrogen) atoms. The molecular weight excluding hydrogens is 136 g/mol. The molecule has 0 aliphatic carbocycles. The van der Waals surface area contributed by atoms with Crippen molar-refractivity contribution in [3.63, 3.8) is 0 Å². The van der Waals surface area contributed by atoms with E-state index in [0.29, 0.717) is 0 Å². The number of rotatable bonds is 2. The van der Waals surface area contributed by atoms with E-state index in [9.17, 15) is 0 Å². The molecule has 0 aliphatic rings. The molecule has 0 atom stereocenters. The number of hydrogen-bond acceptors (Lipinski definition) is 1. The maximum absolute atomic E-state index is 5.21. The summed E-state index contributed by atoms with van der Waals surface area (Å²) in [4.78, 5) is 0. The third-order valence-corrected chi connectivity index (χ3v) is 1.05. The summed E-state index contributed by atoms with van der Waals surface area (Å²) in [6.45, 7) is 2.72. The summed E-state index contributed by atoms with van der Waals surface area (Å²) in [6, 6.07) is 9.80. The highest BCUT2D eigenvalue weighted by Crippen LogP contribution is 2.06. The van der Waals surface area contributed by atoms with Gasteiger partial charge >= 0.3 is 0 Å². The zero-order chi connectivity index (χ0) is 8.53. The van der Waals surface area contributed by atoms with E-state index in [1.54, 1.807) is 0 Å². The van der Waals surface area contributed by atoms with Gasteiger partial charge in [-0.15, -0.1) is 12.8 Å². The van der Waals surface area contributed by atoms with E-state index < -0.39 is 0 Å². The molecule has 1 heteroatoms. The summed E-state index contributed by atoms with van der Waals surface area (Å²) in [6.07, 6.45) is 8.00. The first-order chi connectivity index (χ1) is 5.43. The van der Waals surface area contributed by atoms with Crippen molar-refractivity contribution in [2.75, 3.05) is 6.61 Å². The van der Waals surface area contributed by atoms with Crippen molar-refractivity contribution in [1.82, 2.24) is 0 Å². The summed E-state index contributed by atoms with van der Waals surface area (Å²) >= 11 is 0. The molecule has 0 unspecified atom stereocenters. The lowest BCUT2D eigenvalue weighted by atomic mass is 10.3. The molecule has 0 bridgehead atoms. The number of benzene rings is 1. The zero-order valence-corrected chi connectivity index (χ0v) is 6.66. The zero-order valence-electron chi connectivity index (χ0n) is 6.66. The molecule has 0 aromatic heterocycles.